The number of aliphatic hydroxyl groups is 1. The molecule has 1 heterocycles. The molecule has 0 aliphatic carbocycles. The summed E-state index contributed by atoms with van der Waals surface area (Å²) in [5, 5.41) is 10.4. The molecule has 0 amide bonds. The van der Waals surface area contributed by atoms with E-state index >= 15 is 0 Å². The van der Waals surface area contributed by atoms with Crippen molar-refractivity contribution >= 4 is 11.8 Å². The molecule has 0 radical (unpaired) electrons. The second-order valence-electron chi connectivity index (χ2n) is 4.16. The Morgan fingerprint density at radius 1 is 1.47 bits per heavy atom. The summed E-state index contributed by atoms with van der Waals surface area (Å²) < 4.78 is 13.2. The van der Waals surface area contributed by atoms with E-state index in [0.717, 1.165) is 22.4 Å². The molecule has 0 spiro atoms. The van der Waals surface area contributed by atoms with Crippen LogP contribution < -0.4 is 0 Å². The van der Waals surface area contributed by atoms with Crippen LogP contribution in [0.5, 0.6) is 0 Å². The summed E-state index contributed by atoms with van der Waals surface area (Å²) in [6.07, 6.45) is 0.194. The van der Waals surface area contributed by atoms with Crippen LogP contribution in [-0.4, -0.2) is 10.4 Å². The Bertz CT molecular complexity index is 378. The molecule has 82 valence electrons. The molecule has 1 aliphatic rings. The summed E-state index contributed by atoms with van der Waals surface area (Å²) >= 11 is 1.82. The highest BCUT2D eigenvalue weighted by atomic mass is 32.2. The zero-order valence-electron chi connectivity index (χ0n) is 8.96. The molecule has 15 heavy (non-hydrogen) atoms. The van der Waals surface area contributed by atoms with E-state index in [1.165, 1.54) is 6.07 Å². The highest BCUT2D eigenvalue weighted by Crippen LogP contribution is 2.36. The van der Waals surface area contributed by atoms with Crippen molar-refractivity contribution in [3.8, 4) is 0 Å². The van der Waals surface area contributed by atoms with E-state index in [1.54, 1.807) is 6.07 Å². The van der Waals surface area contributed by atoms with Gasteiger partial charge >= 0.3 is 0 Å². The average Bonchev–Trinajstić information content (AvgIpc) is 2.27. The van der Waals surface area contributed by atoms with Crippen LogP contribution in [0.25, 0.3) is 0 Å². The van der Waals surface area contributed by atoms with Gasteiger partial charge in [0.05, 0.1) is 6.10 Å². The molecule has 0 fully saturated rings. The fraction of sp³-hybridized carbons (Fsp3) is 0.500. The number of hydrogen-bond acceptors (Lipinski definition) is 2. The Morgan fingerprint density at radius 2 is 2.20 bits per heavy atom. The third-order valence-corrected chi connectivity index (χ3v) is 4.12. The number of halogens is 1. The van der Waals surface area contributed by atoms with Gasteiger partial charge in [0.2, 0.25) is 0 Å². The molecule has 0 bridgehead atoms. The lowest BCUT2D eigenvalue weighted by molar-refractivity contribution is 0.168. The predicted molar refractivity (Wildman–Crippen MR) is 61.5 cm³/mol. The Hall–Kier alpha value is -0.540. The summed E-state index contributed by atoms with van der Waals surface area (Å²) in [7, 11) is 0. The lowest BCUT2D eigenvalue weighted by Gasteiger charge is -2.14. The second kappa shape index (κ2) is 4.14. The van der Waals surface area contributed by atoms with Gasteiger partial charge in [-0.2, -0.15) is 11.8 Å². The van der Waals surface area contributed by atoms with E-state index in [-0.39, 0.29) is 5.82 Å². The van der Waals surface area contributed by atoms with E-state index in [0.29, 0.717) is 11.7 Å². The fourth-order valence-corrected chi connectivity index (χ4v) is 3.19. The van der Waals surface area contributed by atoms with Gasteiger partial charge < -0.3 is 5.11 Å². The van der Waals surface area contributed by atoms with Crippen LogP contribution >= 0.6 is 11.8 Å². The number of hydrogen-bond donors (Lipinski definition) is 1. The van der Waals surface area contributed by atoms with Gasteiger partial charge in [-0.3, -0.25) is 0 Å². The third-order valence-electron chi connectivity index (χ3n) is 2.90. The Kier molecular flexibility index (Phi) is 3.03. The molecule has 2 rings (SSSR count). The normalized spacial score (nSPS) is 25.9. The number of benzene rings is 1. The maximum Gasteiger partial charge on any atom is 0.123 e. The summed E-state index contributed by atoms with van der Waals surface area (Å²) in [6.45, 7) is 4.01. The quantitative estimate of drug-likeness (QED) is 0.733. The highest BCUT2D eigenvalue weighted by Gasteiger charge is 2.22. The van der Waals surface area contributed by atoms with E-state index in [1.807, 2.05) is 18.7 Å². The summed E-state index contributed by atoms with van der Waals surface area (Å²) in [5.41, 5.74) is 2.84. The lowest BCUT2D eigenvalue weighted by atomic mass is 9.96. The SMILES string of the molecule is Cc1cc(F)cc2c1CSC(C)CC2O. The molecule has 2 atom stereocenters. The number of fused-ring (bicyclic) bond motifs is 1. The van der Waals surface area contributed by atoms with Crippen molar-refractivity contribution in [1.82, 2.24) is 0 Å². The highest BCUT2D eigenvalue weighted by molar-refractivity contribution is 7.99. The minimum Gasteiger partial charge on any atom is -0.388 e. The molecule has 0 aromatic heterocycles. The fourth-order valence-electron chi connectivity index (χ4n) is 2.03. The third kappa shape index (κ3) is 2.18. The van der Waals surface area contributed by atoms with Crippen molar-refractivity contribution in [2.75, 3.05) is 0 Å². The topological polar surface area (TPSA) is 20.2 Å². The number of rotatable bonds is 0. The molecule has 1 aliphatic heterocycles. The van der Waals surface area contributed by atoms with Gasteiger partial charge in [0.25, 0.3) is 0 Å². The van der Waals surface area contributed by atoms with E-state index in [4.69, 9.17) is 0 Å². The first-order chi connectivity index (χ1) is 7.08. The molecule has 1 aromatic rings. The summed E-state index contributed by atoms with van der Waals surface area (Å²) in [6, 6.07) is 3.02. The van der Waals surface area contributed by atoms with Gasteiger partial charge in [-0.25, -0.2) is 4.39 Å². The molecular formula is C12H15FOS. The second-order valence-corrected chi connectivity index (χ2v) is 5.59. The molecule has 1 nitrogen and oxygen atoms in total. The lowest BCUT2D eigenvalue weighted by Crippen LogP contribution is -2.04. The molecule has 2 unspecified atom stereocenters. The van der Waals surface area contributed by atoms with Crippen molar-refractivity contribution in [1.29, 1.82) is 0 Å². The maximum atomic E-state index is 13.2. The van der Waals surface area contributed by atoms with Gasteiger partial charge in [0, 0.05) is 11.0 Å². The van der Waals surface area contributed by atoms with Crippen molar-refractivity contribution in [3.63, 3.8) is 0 Å². The Morgan fingerprint density at radius 3 is 2.93 bits per heavy atom. The van der Waals surface area contributed by atoms with Crippen LogP contribution in [0.3, 0.4) is 0 Å². The average molecular weight is 226 g/mol. The molecule has 3 heteroatoms. The minimum atomic E-state index is -0.514. The first kappa shape index (κ1) is 11.0. The smallest absolute Gasteiger partial charge is 0.123 e. The predicted octanol–water partition coefficient (Wildman–Crippen LogP) is 3.19. The van der Waals surface area contributed by atoms with Crippen LogP contribution in [0.2, 0.25) is 0 Å². The number of aryl methyl sites for hydroxylation is 1. The first-order valence-electron chi connectivity index (χ1n) is 5.16. The molecule has 1 aromatic carbocycles. The Balaban J connectivity index is 2.48. The monoisotopic (exact) mass is 226 g/mol. The van der Waals surface area contributed by atoms with E-state index in [2.05, 4.69) is 6.92 Å². The van der Waals surface area contributed by atoms with Gasteiger partial charge in [-0.1, -0.05) is 6.92 Å². The maximum absolute atomic E-state index is 13.2. The molecule has 1 N–H and O–H groups in total. The van der Waals surface area contributed by atoms with Crippen molar-refractivity contribution in [3.05, 3.63) is 34.6 Å². The summed E-state index contributed by atoms with van der Waals surface area (Å²) in [5.74, 6) is 0.629. The minimum absolute atomic E-state index is 0.246. The van der Waals surface area contributed by atoms with E-state index in [9.17, 15) is 9.50 Å². The molecular weight excluding hydrogens is 211 g/mol. The van der Waals surface area contributed by atoms with E-state index < -0.39 is 6.10 Å². The molecule has 0 saturated carbocycles. The molecule has 0 saturated heterocycles. The van der Waals surface area contributed by atoms with Gasteiger partial charge in [-0.05, 0) is 42.2 Å². The number of aliphatic hydroxyl groups excluding tert-OH is 1. The van der Waals surface area contributed by atoms with Crippen molar-refractivity contribution in [2.45, 2.75) is 37.4 Å². The Labute approximate surface area is 93.7 Å². The van der Waals surface area contributed by atoms with Gasteiger partial charge in [-0.15, -0.1) is 0 Å². The van der Waals surface area contributed by atoms with Crippen molar-refractivity contribution < 1.29 is 9.50 Å². The van der Waals surface area contributed by atoms with Crippen LogP contribution in [0.15, 0.2) is 12.1 Å². The largest absolute Gasteiger partial charge is 0.388 e. The zero-order chi connectivity index (χ0) is 11.0. The summed E-state index contributed by atoms with van der Waals surface area (Å²) in [4.78, 5) is 0. The standard InChI is InChI=1S/C12H15FOS/c1-7-3-9(13)5-10-11(7)6-15-8(2)4-12(10)14/h3,5,8,12,14H,4,6H2,1-2H3. The van der Waals surface area contributed by atoms with Crippen LogP contribution in [0.4, 0.5) is 4.39 Å². The van der Waals surface area contributed by atoms with Gasteiger partial charge in [0.1, 0.15) is 5.82 Å². The van der Waals surface area contributed by atoms with Crippen molar-refractivity contribution in [2.24, 2.45) is 0 Å². The number of thioether (sulfide) groups is 1. The van der Waals surface area contributed by atoms with Gasteiger partial charge in [0.15, 0.2) is 0 Å². The zero-order valence-corrected chi connectivity index (χ0v) is 9.77. The van der Waals surface area contributed by atoms with Crippen LogP contribution in [-0.2, 0) is 5.75 Å². The van der Waals surface area contributed by atoms with Crippen LogP contribution in [0, 0.1) is 12.7 Å². The first-order valence-corrected chi connectivity index (χ1v) is 6.21. The van der Waals surface area contributed by atoms with Crippen LogP contribution in [0.1, 0.15) is 36.1 Å².